The van der Waals surface area contributed by atoms with Crippen LogP contribution in [0.4, 0.5) is 5.69 Å². The van der Waals surface area contributed by atoms with E-state index in [-0.39, 0.29) is 12.1 Å². The standard InChI is InChI=1S/C21H31N3O3S/c1-3-26-20(25)16-6-8-17(9-7-16)22-21(28)24(15-19-5-4-14-27-19)18-10-12-23(2)13-11-18/h6-9,18-19H,3-5,10-15H2,1-2H3,(H,22,28). The van der Waals surface area contributed by atoms with Crippen molar-refractivity contribution in [3.05, 3.63) is 29.8 Å². The summed E-state index contributed by atoms with van der Waals surface area (Å²) < 4.78 is 10.9. The third-order valence-corrected chi connectivity index (χ3v) is 5.80. The number of rotatable bonds is 6. The zero-order valence-electron chi connectivity index (χ0n) is 16.9. The minimum atomic E-state index is -0.303. The van der Waals surface area contributed by atoms with Crippen LogP contribution in [-0.2, 0) is 9.47 Å². The van der Waals surface area contributed by atoms with Crippen LogP contribution in [0.3, 0.4) is 0 Å². The SMILES string of the molecule is CCOC(=O)c1ccc(NC(=S)N(CC2CCCO2)C2CCN(C)CC2)cc1. The highest BCUT2D eigenvalue weighted by Crippen LogP contribution is 2.22. The largest absolute Gasteiger partial charge is 0.462 e. The number of nitrogens with one attached hydrogen (secondary N) is 1. The van der Waals surface area contributed by atoms with Gasteiger partial charge in [-0.15, -0.1) is 0 Å². The number of nitrogens with zero attached hydrogens (tertiary/aromatic N) is 2. The lowest BCUT2D eigenvalue weighted by Crippen LogP contribution is -2.50. The first-order valence-corrected chi connectivity index (χ1v) is 10.6. The summed E-state index contributed by atoms with van der Waals surface area (Å²) in [6.07, 6.45) is 4.69. The van der Waals surface area contributed by atoms with E-state index >= 15 is 0 Å². The topological polar surface area (TPSA) is 54.0 Å². The summed E-state index contributed by atoms with van der Waals surface area (Å²) in [5, 5.41) is 4.09. The number of piperidine rings is 1. The fourth-order valence-corrected chi connectivity index (χ4v) is 4.15. The number of esters is 1. The second-order valence-corrected chi connectivity index (χ2v) is 7.94. The number of hydrogen-bond acceptors (Lipinski definition) is 5. The smallest absolute Gasteiger partial charge is 0.338 e. The molecule has 3 rings (SSSR count). The van der Waals surface area contributed by atoms with Gasteiger partial charge in [-0.2, -0.15) is 0 Å². The van der Waals surface area contributed by atoms with Gasteiger partial charge in [-0.1, -0.05) is 0 Å². The minimum absolute atomic E-state index is 0.255. The Kier molecular flexibility index (Phi) is 7.65. The van der Waals surface area contributed by atoms with E-state index in [0.717, 1.165) is 62.7 Å². The molecule has 0 amide bonds. The molecular weight excluding hydrogens is 374 g/mol. The Morgan fingerprint density at radius 1 is 1.29 bits per heavy atom. The Bertz CT molecular complexity index is 653. The Morgan fingerprint density at radius 2 is 2.00 bits per heavy atom. The van der Waals surface area contributed by atoms with Crippen LogP contribution in [0.5, 0.6) is 0 Å². The maximum Gasteiger partial charge on any atom is 0.338 e. The number of likely N-dealkylation sites (tertiary alicyclic amines) is 1. The summed E-state index contributed by atoms with van der Waals surface area (Å²) >= 11 is 5.78. The predicted molar refractivity (Wildman–Crippen MR) is 115 cm³/mol. The number of anilines is 1. The van der Waals surface area contributed by atoms with Crippen LogP contribution in [-0.4, -0.2) is 72.9 Å². The molecule has 0 radical (unpaired) electrons. The summed E-state index contributed by atoms with van der Waals surface area (Å²) in [6, 6.07) is 7.71. The van der Waals surface area contributed by atoms with E-state index < -0.39 is 0 Å². The molecular formula is C21H31N3O3S. The van der Waals surface area contributed by atoms with Crippen molar-refractivity contribution in [3.63, 3.8) is 0 Å². The van der Waals surface area contributed by atoms with Crippen molar-refractivity contribution >= 4 is 29.0 Å². The molecule has 1 aromatic carbocycles. The average molecular weight is 406 g/mol. The van der Waals surface area contributed by atoms with Crippen molar-refractivity contribution in [1.82, 2.24) is 9.80 Å². The normalized spacial score (nSPS) is 20.7. The van der Waals surface area contributed by atoms with Gasteiger partial charge in [0.1, 0.15) is 0 Å². The van der Waals surface area contributed by atoms with E-state index in [2.05, 4.69) is 22.2 Å². The van der Waals surface area contributed by atoms with Gasteiger partial charge < -0.3 is 24.6 Å². The second kappa shape index (κ2) is 10.2. The number of ether oxygens (including phenoxy) is 2. The summed E-state index contributed by atoms with van der Waals surface area (Å²) in [5.74, 6) is -0.303. The molecule has 1 unspecified atom stereocenters. The second-order valence-electron chi connectivity index (χ2n) is 7.55. The Morgan fingerprint density at radius 3 is 2.61 bits per heavy atom. The highest BCUT2D eigenvalue weighted by Gasteiger charge is 2.29. The van der Waals surface area contributed by atoms with E-state index in [1.807, 2.05) is 12.1 Å². The first-order chi connectivity index (χ1) is 13.6. The molecule has 2 fully saturated rings. The van der Waals surface area contributed by atoms with Gasteiger partial charge in [0.25, 0.3) is 0 Å². The van der Waals surface area contributed by atoms with Gasteiger partial charge in [0.2, 0.25) is 0 Å². The molecule has 2 aliphatic heterocycles. The summed E-state index contributed by atoms with van der Waals surface area (Å²) in [7, 11) is 2.17. The van der Waals surface area contributed by atoms with E-state index in [4.69, 9.17) is 21.7 Å². The van der Waals surface area contributed by atoms with E-state index in [9.17, 15) is 4.79 Å². The number of thiocarbonyl (C=S) groups is 1. The molecule has 7 heteroatoms. The van der Waals surface area contributed by atoms with E-state index in [1.165, 1.54) is 0 Å². The van der Waals surface area contributed by atoms with Gasteiger partial charge in [-0.3, -0.25) is 0 Å². The molecule has 0 spiro atoms. The van der Waals surface area contributed by atoms with Crippen molar-refractivity contribution in [2.75, 3.05) is 45.2 Å². The van der Waals surface area contributed by atoms with E-state index in [1.54, 1.807) is 19.1 Å². The van der Waals surface area contributed by atoms with Crippen molar-refractivity contribution in [2.24, 2.45) is 0 Å². The molecule has 2 aliphatic rings. The lowest BCUT2D eigenvalue weighted by molar-refractivity contribution is 0.0526. The van der Waals surface area contributed by atoms with Gasteiger partial charge in [0.05, 0.1) is 18.3 Å². The van der Waals surface area contributed by atoms with E-state index in [0.29, 0.717) is 18.2 Å². The molecule has 1 aromatic rings. The molecule has 1 atom stereocenters. The van der Waals surface area contributed by atoms with Gasteiger partial charge in [0, 0.05) is 24.9 Å². The molecule has 0 saturated carbocycles. The zero-order valence-corrected chi connectivity index (χ0v) is 17.7. The van der Waals surface area contributed by atoms with Crippen LogP contribution >= 0.6 is 12.2 Å². The first kappa shape index (κ1) is 21.0. The Labute approximate surface area is 173 Å². The van der Waals surface area contributed by atoms with Crippen LogP contribution in [0.25, 0.3) is 0 Å². The minimum Gasteiger partial charge on any atom is -0.462 e. The molecule has 6 nitrogen and oxygen atoms in total. The number of carbonyl (C=O) groups excluding carboxylic acids is 1. The zero-order chi connectivity index (χ0) is 19.9. The predicted octanol–water partition coefficient (Wildman–Crippen LogP) is 3.14. The summed E-state index contributed by atoms with van der Waals surface area (Å²) in [4.78, 5) is 16.5. The van der Waals surface area contributed by atoms with Crippen molar-refractivity contribution in [1.29, 1.82) is 0 Å². The molecule has 2 heterocycles. The molecule has 0 aromatic heterocycles. The first-order valence-electron chi connectivity index (χ1n) is 10.2. The quantitative estimate of drug-likeness (QED) is 0.576. The van der Waals surface area contributed by atoms with Gasteiger partial charge >= 0.3 is 5.97 Å². The van der Waals surface area contributed by atoms with Crippen LogP contribution in [0.2, 0.25) is 0 Å². The lowest BCUT2D eigenvalue weighted by atomic mass is 10.0. The molecule has 2 saturated heterocycles. The third-order valence-electron chi connectivity index (χ3n) is 5.46. The van der Waals surface area contributed by atoms with Gasteiger partial charge in [0.15, 0.2) is 5.11 Å². The lowest BCUT2D eigenvalue weighted by Gasteiger charge is -2.39. The van der Waals surface area contributed by atoms with Crippen molar-refractivity contribution < 1.29 is 14.3 Å². The van der Waals surface area contributed by atoms with Gasteiger partial charge in [-0.25, -0.2) is 4.79 Å². The molecule has 0 bridgehead atoms. The number of hydrogen-bond donors (Lipinski definition) is 1. The fraction of sp³-hybridized carbons (Fsp3) is 0.619. The Hall–Kier alpha value is -1.70. The fourth-order valence-electron chi connectivity index (χ4n) is 3.81. The number of benzene rings is 1. The highest BCUT2D eigenvalue weighted by molar-refractivity contribution is 7.80. The molecule has 28 heavy (non-hydrogen) atoms. The van der Waals surface area contributed by atoms with Crippen molar-refractivity contribution in [3.8, 4) is 0 Å². The van der Waals surface area contributed by atoms with Crippen LogP contribution < -0.4 is 5.32 Å². The monoisotopic (exact) mass is 405 g/mol. The molecule has 154 valence electrons. The highest BCUT2D eigenvalue weighted by atomic mass is 32.1. The Balaban J connectivity index is 1.65. The van der Waals surface area contributed by atoms with Crippen molar-refractivity contribution in [2.45, 2.75) is 44.8 Å². The third kappa shape index (κ3) is 5.65. The van der Waals surface area contributed by atoms with Crippen LogP contribution in [0.15, 0.2) is 24.3 Å². The molecule has 1 N–H and O–H groups in total. The summed E-state index contributed by atoms with van der Waals surface area (Å²) in [5.41, 5.74) is 1.42. The van der Waals surface area contributed by atoms with Crippen LogP contribution in [0.1, 0.15) is 43.0 Å². The summed E-state index contributed by atoms with van der Waals surface area (Å²) in [6.45, 7) is 6.03. The van der Waals surface area contributed by atoms with Gasteiger partial charge in [-0.05, 0) is 89.2 Å². The maximum absolute atomic E-state index is 11.8. The molecule has 0 aliphatic carbocycles. The number of carbonyl (C=O) groups is 1. The maximum atomic E-state index is 11.8. The average Bonchev–Trinajstić information content (AvgIpc) is 3.21. The van der Waals surface area contributed by atoms with Crippen LogP contribution in [0, 0.1) is 0 Å².